The highest BCUT2D eigenvalue weighted by atomic mass is 16.6. The van der Waals surface area contributed by atoms with Gasteiger partial charge in [0.25, 0.3) is 0 Å². The van der Waals surface area contributed by atoms with E-state index in [0.29, 0.717) is 5.56 Å². The van der Waals surface area contributed by atoms with E-state index in [1.165, 1.54) is 12.1 Å². The molecule has 1 rings (SSSR count). The summed E-state index contributed by atoms with van der Waals surface area (Å²) in [6.07, 6.45) is 0. The Bertz CT molecular complexity index is 312. The number of pyridine rings is 1. The zero-order chi connectivity index (χ0) is 9.14. The first kappa shape index (κ1) is 8.41. The summed E-state index contributed by atoms with van der Waals surface area (Å²) >= 11 is 0. The Balaban J connectivity index is 3.15. The summed E-state index contributed by atoms with van der Waals surface area (Å²) in [5.74, 6) is -0.153. The predicted octanol–water partition coefficient (Wildman–Crippen LogP) is 0.0307. The van der Waals surface area contributed by atoms with Gasteiger partial charge in [0.05, 0.1) is 0 Å². The summed E-state index contributed by atoms with van der Waals surface area (Å²) in [5, 5.41) is 10.3. The molecule has 4 N–H and O–H groups in total. The largest absolute Gasteiger partial charge is 0.366 e. The monoisotopic (exact) mass is 168 g/mol. The van der Waals surface area contributed by atoms with Crippen LogP contribution in [0.1, 0.15) is 5.56 Å². The molecular weight excluding hydrogens is 160 g/mol. The van der Waals surface area contributed by atoms with Crippen molar-refractivity contribution < 1.29 is 4.92 Å². The molecule has 0 aliphatic carbocycles. The molecule has 1 aromatic heterocycles. The van der Waals surface area contributed by atoms with E-state index in [-0.39, 0.29) is 18.2 Å². The molecule has 0 amide bonds. The summed E-state index contributed by atoms with van der Waals surface area (Å²) in [4.78, 5) is 13.2. The Kier molecular flexibility index (Phi) is 2.20. The standard InChI is InChI=1S/C6H8N4O2/c7-3-4-1-5(8)9-6(2-4)10(11)12/h1-2H,3,7H2,(H2,8,9). The Morgan fingerprint density at radius 1 is 1.58 bits per heavy atom. The van der Waals surface area contributed by atoms with Gasteiger partial charge < -0.3 is 21.6 Å². The Morgan fingerprint density at radius 2 is 2.25 bits per heavy atom. The maximum Gasteiger partial charge on any atom is 0.366 e. The van der Waals surface area contributed by atoms with Crippen LogP contribution in [0.15, 0.2) is 12.1 Å². The van der Waals surface area contributed by atoms with Crippen molar-refractivity contribution in [3.63, 3.8) is 0 Å². The molecule has 0 fully saturated rings. The molecule has 1 heterocycles. The third-order valence-corrected chi connectivity index (χ3v) is 1.31. The van der Waals surface area contributed by atoms with Gasteiger partial charge in [-0.05, 0) is 15.5 Å². The lowest BCUT2D eigenvalue weighted by atomic mass is 10.2. The average Bonchev–Trinajstić information content (AvgIpc) is 2.03. The SMILES string of the molecule is NCc1cc(N)nc([N+](=O)[O-])c1. The van der Waals surface area contributed by atoms with Crippen LogP contribution in [-0.2, 0) is 6.54 Å². The van der Waals surface area contributed by atoms with E-state index in [1.54, 1.807) is 0 Å². The summed E-state index contributed by atoms with van der Waals surface area (Å²) in [7, 11) is 0. The Hall–Kier alpha value is -1.69. The zero-order valence-corrected chi connectivity index (χ0v) is 6.23. The Labute approximate surface area is 68.3 Å². The minimum atomic E-state index is -0.602. The molecule has 0 saturated carbocycles. The molecule has 0 atom stereocenters. The maximum atomic E-state index is 10.3. The van der Waals surface area contributed by atoms with Crippen LogP contribution in [0, 0.1) is 10.1 Å². The quantitative estimate of drug-likeness (QED) is 0.478. The number of aromatic nitrogens is 1. The van der Waals surface area contributed by atoms with E-state index in [9.17, 15) is 10.1 Å². The number of nitrogens with zero attached hydrogens (tertiary/aromatic N) is 2. The van der Waals surface area contributed by atoms with Gasteiger partial charge in [-0.15, -0.1) is 0 Å². The second-order valence-corrected chi connectivity index (χ2v) is 2.22. The second kappa shape index (κ2) is 3.14. The van der Waals surface area contributed by atoms with Crippen molar-refractivity contribution in [2.75, 3.05) is 5.73 Å². The van der Waals surface area contributed by atoms with Crippen LogP contribution in [0.5, 0.6) is 0 Å². The van der Waals surface area contributed by atoms with Gasteiger partial charge in [0.1, 0.15) is 0 Å². The lowest BCUT2D eigenvalue weighted by Gasteiger charge is -1.96. The summed E-state index contributed by atoms with van der Waals surface area (Å²) in [6, 6.07) is 2.81. The van der Waals surface area contributed by atoms with Crippen LogP contribution in [0.25, 0.3) is 0 Å². The number of nitrogens with two attached hydrogens (primary N) is 2. The molecule has 0 unspecified atom stereocenters. The number of hydrogen-bond acceptors (Lipinski definition) is 5. The van der Waals surface area contributed by atoms with Crippen LogP contribution < -0.4 is 11.5 Å². The molecule has 0 spiro atoms. The fourth-order valence-corrected chi connectivity index (χ4v) is 0.806. The first-order valence-electron chi connectivity index (χ1n) is 3.24. The van der Waals surface area contributed by atoms with Gasteiger partial charge in [0, 0.05) is 18.7 Å². The van der Waals surface area contributed by atoms with Crippen LogP contribution in [0.3, 0.4) is 0 Å². The van der Waals surface area contributed by atoms with Gasteiger partial charge >= 0.3 is 5.82 Å². The van der Waals surface area contributed by atoms with E-state index in [4.69, 9.17) is 11.5 Å². The normalized spacial score (nSPS) is 9.75. The van der Waals surface area contributed by atoms with Gasteiger partial charge in [-0.25, -0.2) is 0 Å². The molecule has 0 aliphatic rings. The van der Waals surface area contributed by atoms with Gasteiger partial charge in [-0.3, -0.25) is 0 Å². The average molecular weight is 168 g/mol. The van der Waals surface area contributed by atoms with E-state index in [2.05, 4.69) is 4.98 Å². The molecule has 0 aromatic carbocycles. The molecule has 0 radical (unpaired) electrons. The third-order valence-electron chi connectivity index (χ3n) is 1.31. The Morgan fingerprint density at radius 3 is 2.75 bits per heavy atom. The highest BCUT2D eigenvalue weighted by molar-refractivity contribution is 5.39. The lowest BCUT2D eigenvalue weighted by molar-refractivity contribution is -0.389. The predicted molar refractivity (Wildman–Crippen MR) is 43.2 cm³/mol. The maximum absolute atomic E-state index is 10.3. The van der Waals surface area contributed by atoms with Crippen molar-refractivity contribution in [2.24, 2.45) is 5.73 Å². The minimum absolute atomic E-state index is 0.115. The summed E-state index contributed by atoms with van der Waals surface area (Å²) in [5.41, 5.74) is 11.2. The molecule has 6 nitrogen and oxygen atoms in total. The van der Waals surface area contributed by atoms with Crippen LogP contribution in [0.2, 0.25) is 0 Å². The lowest BCUT2D eigenvalue weighted by Crippen LogP contribution is -2.02. The van der Waals surface area contributed by atoms with Crippen molar-refractivity contribution in [3.8, 4) is 0 Å². The molecule has 0 saturated heterocycles. The van der Waals surface area contributed by atoms with E-state index in [0.717, 1.165) is 0 Å². The van der Waals surface area contributed by atoms with Crippen LogP contribution in [0.4, 0.5) is 11.6 Å². The van der Waals surface area contributed by atoms with Crippen molar-refractivity contribution >= 4 is 11.6 Å². The number of hydrogen-bond donors (Lipinski definition) is 2. The number of nitrogen functional groups attached to an aromatic ring is 1. The van der Waals surface area contributed by atoms with Gasteiger partial charge in [0.15, 0.2) is 0 Å². The molecule has 6 heteroatoms. The highest BCUT2D eigenvalue weighted by Gasteiger charge is 2.09. The van der Waals surface area contributed by atoms with E-state index in [1.807, 2.05) is 0 Å². The van der Waals surface area contributed by atoms with E-state index >= 15 is 0 Å². The molecule has 0 aliphatic heterocycles. The van der Waals surface area contributed by atoms with Gasteiger partial charge in [0.2, 0.25) is 5.82 Å². The highest BCUT2D eigenvalue weighted by Crippen LogP contribution is 2.12. The smallest absolute Gasteiger partial charge is 0.363 e. The van der Waals surface area contributed by atoms with Crippen molar-refractivity contribution in [1.82, 2.24) is 4.98 Å². The van der Waals surface area contributed by atoms with Crippen LogP contribution in [-0.4, -0.2) is 9.91 Å². The van der Waals surface area contributed by atoms with Crippen molar-refractivity contribution in [3.05, 3.63) is 27.8 Å². The van der Waals surface area contributed by atoms with Crippen molar-refractivity contribution in [1.29, 1.82) is 0 Å². The number of anilines is 1. The first-order chi connectivity index (χ1) is 5.63. The fourth-order valence-electron chi connectivity index (χ4n) is 0.806. The fraction of sp³-hybridized carbons (Fsp3) is 0.167. The third kappa shape index (κ3) is 1.67. The second-order valence-electron chi connectivity index (χ2n) is 2.22. The van der Waals surface area contributed by atoms with Gasteiger partial charge in [-0.2, -0.15) is 0 Å². The molecule has 1 aromatic rings. The zero-order valence-electron chi connectivity index (χ0n) is 6.23. The minimum Gasteiger partial charge on any atom is -0.363 e. The topological polar surface area (TPSA) is 108 Å². The first-order valence-corrected chi connectivity index (χ1v) is 3.24. The van der Waals surface area contributed by atoms with Crippen LogP contribution >= 0.6 is 0 Å². The summed E-state index contributed by atoms with van der Waals surface area (Å²) < 4.78 is 0. The van der Waals surface area contributed by atoms with Crippen molar-refractivity contribution in [2.45, 2.75) is 6.54 Å². The molecule has 64 valence electrons. The van der Waals surface area contributed by atoms with E-state index < -0.39 is 4.92 Å². The summed E-state index contributed by atoms with van der Waals surface area (Å²) in [6.45, 7) is 0.216. The molecule has 0 bridgehead atoms. The van der Waals surface area contributed by atoms with Gasteiger partial charge in [-0.1, -0.05) is 0 Å². The molecule has 12 heavy (non-hydrogen) atoms. The number of rotatable bonds is 2. The number of nitro groups is 1. The molecular formula is C6H8N4O2.